The summed E-state index contributed by atoms with van der Waals surface area (Å²) >= 11 is 3.45. The Labute approximate surface area is 102 Å². The maximum Gasteiger partial charge on any atom is 0.223 e. The molecule has 0 unspecified atom stereocenters. The Balaban J connectivity index is 2.05. The molecule has 0 saturated carbocycles. The van der Waals surface area contributed by atoms with Crippen molar-refractivity contribution in [3.05, 3.63) is 46.6 Å². The summed E-state index contributed by atoms with van der Waals surface area (Å²) in [6.07, 6.45) is 1.57. The second-order valence-corrected chi connectivity index (χ2v) is 3.99. The molecule has 82 valence electrons. The lowest BCUT2D eigenvalue weighted by molar-refractivity contribution is 0.293. The lowest BCUT2D eigenvalue weighted by Gasteiger charge is -2.06. The summed E-state index contributed by atoms with van der Waals surface area (Å²) in [4.78, 5) is 7.74. The molecule has 0 aliphatic rings. The van der Waals surface area contributed by atoms with Crippen LogP contribution >= 0.6 is 15.9 Å². The van der Waals surface area contributed by atoms with E-state index in [-0.39, 0.29) is 5.95 Å². The monoisotopic (exact) mass is 279 g/mol. The van der Waals surface area contributed by atoms with Gasteiger partial charge in [0.05, 0.1) is 0 Å². The molecule has 2 N–H and O–H groups in total. The van der Waals surface area contributed by atoms with Gasteiger partial charge in [-0.25, -0.2) is 4.98 Å². The highest BCUT2D eigenvalue weighted by Gasteiger charge is 2.01. The zero-order valence-corrected chi connectivity index (χ0v) is 10.0. The van der Waals surface area contributed by atoms with E-state index in [1.165, 1.54) is 0 Å². The molecule has 16 heavy (non-hydrogen) atoms. The molecule has 0 aliphatic heterocycles. The molecule has 2 aromatic rings. The van der Waals surface area contributed by atoms with E-state index in [4.69, 9.17) is 10.5 Å². The van der Waals surface area contributed by atoms with E-state index in [0.717, 1.165) is 10.0 Å². The molecule has 5 heteroatoms. The first-order valence-corrected chi connectivity index (χ1v) is 5.50. The number of hydrogen-bond acceptors (Lipinski definition) is 4. The van der Waals surface area contributed by atoms with Crippen LogP contribution in [0.15, 0.2) is 41.0 Å². The molecule has 0 aliphatic carbocycles. The normalized spacial score (nSPS) is 10.1. The molecule has 0 bridgehead atoms. The maximum atomic E-state index is 5.49. The lowest BCUT2D eigenvalue weighted by Crippen LogP contribution is -2.00. The van der Waals surface area contributed by atoms with Crippen molar-refractivity contribution < 1.29 is 4.74 Å². The molecule has 0 radical (unpaired) electrons. The smallest absolute Gasteiger partial charge is 0.223 e. The van der Waals surface area contributed by atoms with E-state index in [1.807, 2.05) is 24.3 Å². The van der Waals surface area contributed by atoms with E-state index in [9.17, 15) is 0 Å². The van der Waals surface area contributed by atoms with Crippen LogP contribution in [0.25, 0.3) is 0 Å². The molecule has 0 atom stereocenters. The largest absolute Gasteiger partial charge is 0.473 e. The fourth-order valence-electron chi connectivity index (χ4n) is 1.20. The quantitative estimate of drug-likeness (QED) is 0.937. The minimum Gasteiger partial charge on any atom is -0.473 e. The van der Waals surface area contributed by atoms with Crippen molar-refractivity contribution in [1.82, 2.24) is 9.97 Å². The number of benzene rings is 1. The first-order chi connectivity index (χ1) is 7.75. The van der Waals surface area contributed by atoms with Gasteiger partial charge in [0, 0.05) is 22.3 Å². The number of hydrogen-bond donors (Lipinski definition) is 1. The van der Waals surface area contributed by atoms with Gasteiger partial charge >= 0.3 is 0 Å². The minimum atomic E-state index is 0.213. The van der Waals surface area contributed by atoms with Gasteiger partial charge in [-0.1, -0.05) is 34.1 Å². The summed E-state index contributed by atoms with van der Waals surface area (Å²) in [6, 6.07) is 9.53. The van der Waals surface area contributed by atoms with Crippen LogP contribution in [0.2, 0.25) is 0 Å². The number of nitrogens with zero attached hydrogens (tertiary/aromatic N) is 2. The highest BCUT2D eigenvalue weighted by Crippen LogP contribution is 2.17. The van der Waals surface area contributed by atoms with Crippen LogP contribution in [0.4, 0.5) is 5.95 Å². The van der Waals surface area contributed by atoms with Gasteiger partial charge in [0.2, 0.25) is 11.8 Å². The molecule has 2 rings (SSSR count). The molecular formula is C11H10BrN3O. The summed E-state index contributed by atoms with van der Waals surface area (Å²) in [6.45, 7) is 0.442. The van der Waals surface area contributed by atoms with Gasteiger partial charge in [-0.05, 0) is 6.07 Å². The number of nitrogen functional groups attached to an aromatic ring is 1. The molecule has 1 heterocycles. The Kier molecular flexibility index (Phi) is 3.36. The van der Waals surface area contributed by atoms with Crippen molar-refractivity contribution in [1.29, 1.82) is 0 Å². The number of nitrogens with two attached hydrogens (primary N) is 1. The zero-order valence-electron chi connectivity index (χ0n) is 8.43. The summed E-state index contributed by atoms with van der Waals surface area (Å²) in [5, 5.41) is 0. The molecule has 0 amide bonds. The van der Waals surface area contributed by atoms with E-state index >= 15 is 0 Å². The molecule has 0 spiro atoms. The Morgan fingerprint density at radius 3 is 2.81 bits per heavy atom. The van der Waals surface area contributed by atoms with Crippen LogP contribution in [0.1, 0.15) is 5.56 Å². The van der Waals surface area contributed by atoms with E-state index in [0.29, 0.717) is 12.5 Å². The van der Waals surface area contributed by atoms with Crippen molar-refractivity contribution in [2.45, 2.75) is 6.61 Å². The molecule has 0 fully saturated rings. The molecule has 4 nitrogen and oxygen atoms in total. The molecule has 1 aromatic carbocycles. The number of aromatic nitrogens is 2. The van der Waals surface area contributed by atoms with Crippen LogP contribution in [0, 0.1) is 0 Å². The average Bonchev–Trinajstić information content (AvgIpc) is 2.28. The standard InChI is InChI=1S/C11H10BrN3O/c12-9-4-2-1-3-8(9)7-16-10-5-6-14-11(13)15-10/h1-6H,7H2,(H2,13,14,15). The van der Waals surface area contributed by atoms with E-state index in [1.54, 1.807) is 12.3 Å². The molecule has 0 saturated heterocycles. The van der Waals surface area contributed by atoms with Gasteiger partial charge in [-0.15, -0.1) is 0 Å². The second kappa shape index (κ2) is 4.94. The predicted octanol–water partition coefficient (Wildman–Crippen LogP) is 2.40. The summed E-state index contributed by atoms with van der Waals surface area (Å²) in [7, 11) is 0. The van der Waals surface area contributed by atoms with Gasteiger partial charge in [0.15, 0.2) is 0 Å². The van der Waals surface area contributed by atoms with E-state index in [2.05, 4.69) is 25.9 Å². The predicted molar refractivity (Wildman–Crippen MR) is 64.9 cm³/mol. The Hall–Kier alpha value is -1.62. The van der Waals surface area contributed by atoms with Crippen molar-refractivity contribution >= 4 is 21.9 Å². The summed E-state index contributed by atoms with van der Waals surface area (Å²) in [5.41, 5.74) is 6.50. The van der Waals surface area contributed by atoms with Gasteiger partial charge < -0.3 is 10.5 Å². The zero-order chi connectivity index (χ0) is 11.4. The number of anilines is 1. The Morgan fingerprint density at radius 1 is 1.25 bits per heavy atom. The van der Waals surface area contributed by atoms with Crippen molar-refractivity contribution in [3.63, 3.8) is 0 Å². The van der Waals surface area contributed by atoms with E-state index < -0.39 is 0 Å². The minimum absolute atomic E-state index is 0.213. The third kappa shape index (κ3) is 2.70. The van der Waals surface area contributed by atoms with Gasteiger partial charge in [-0.2, -0.15) is 4.98 Å². The van der Waals surface area contributed by atoms with Crippen LogP contribution in [-0.4, -0.2) is 9.97 Å². The van der Waals surface area contributed by atoms with Crippen LogP contribution in [0.5, 0.6) is 5.88 Å². The van der Waals surface area contributed by atoms with Crippen LogP contribution < -0.4 is 10.5 Å². The number of halogens is 1. The third-order valence-corrected chi connectivity index (χ3v) is 2.76. The fourth-order valence-corrected chi connectivity index (χ4v) is 1.60. The van der Waals surface area contributed by atoms with Crippen molar-refractivity contribution in [2.24, 2.45) is 0 Å². The highest BCUT2D eigenvalue weighted by atomic mass is 79.9. The topological polar surface area (TPSA) is 61.0 Å². The molecular weight excluding hydrogens is 270 g/mol. The Bertz CT molecular complexity index is 490. The van der Waals surface area contributed by atoms with Crippen LogP contribution in [0.3, 0.4) is 0 Å². The van der Waals surface area contributed by atoms with Gasteiger partial charge in [0.1, 0.15) is 6.61 Å². The highest BCUT2D eigenvalue weighted by molar-refractivity contribution is 9.10. The number of rotatable bonds is 3. The van der Waals surface area contributed by atoms with Crippen molar-refractivity contribution in [3.8, 4) is 5.88 Å². The van der Waals surface area contributed by atoms with Crippen molar-refractivity contribution in [2.75, 3.05) is 5.73 Å². The second-order valence-electron chi connectivity index (χ2n) is 3.13. The average molecular weight is 280 g/mol. The maximum absolute atomic E-state index is 5.49. The fraction of sp³-hybridized carbons (Fsp3) is 0.0909. The summed E-state index contributed by atoms with van der Waals surface area (Å²) in [5.74, 6) is 0.688. The first-order valence-electron chi connectivity index (χ1n) is 4.70. The number of ether oxygens (including phenoxy) is 1. The third-order valence-electron chi connectivity index (χ3n) is 1.98. The summed E-state index contributed by atoms with van der Waals surface area (Å²) < 4.78 is 6.50. The Morgan fingerprint density at radius 2 is 2.06 bits per heavy atom. The van der Waals surface area contributed by atoms with Gasteiger partial charge in [0.25, 0.3) is 0 Å². The van der Waals surface area contributed by atoms with Gasteiger partial charge in [-0.3, -0.25) is 0 Å². The van der Waals surface area contributed by atoms with Crippen LogP contribution in [-0.2, 0) is 6.61 Å². The molecule has 1 aromatic heterocycles. The first kappa shape index (κ1) is 10.9. The lowest BCUT2D eigenvalue weighted by atomic mass is 10.2. The SMILES string of the molecule is Nc1nccc(OCc2ccccc2Br)n1.